The van der Waals surface area contributed by atoms with Gasteiger partial charge in [-0.05, 0) is 19.4 Å². The molecule has 1 aliphatic heterocycles. The van der Waals surface area contributed by atoms with Gasteiger partial charge in [0.05, 0.1) is 12.0 Å². The van der Waals surface area contributed by atoms with Gasteiger partial charge in [0.1, 0.15) is 35.6 Å². The van der Waals surface area contributed by atoms with E-state index in [2.05, 4.69) is 9.97 Å². The molecule has 0 aromatic carbocycles. The van der Waals surface area contributed by atoms with Gasteiger partial charge in [-0.3, -0.25) is 0 Å². The maximum atomic E-state index is 10.4. The Bertz CT molecular complexity index is 703. The fourth-order valence-corrected chi connectivity index (χ4v) is 3.07. The Morgan fingerprint density at radius 2 is 2.23 bits per heavy atom. The van der Waals surface area contributed by atoms with Crippen molar-refractivity contribution >= 4 is 16.9 Å². The summed E-state index contributed by atoms with van der Waals surface area (Å²) in [6.07, 6.45) is 0.878. The average Bonchev–Trinajstić information content (AvgIpc) is 2.97. The standard InChI is InChI=1S/C14H20N4O4/c1-7-4-18(12-9(7)11(15)16-6-17-12)13-14(2,21-3)10(20)8(5-19)22-13/h4,6,8,10,13,19-20H,5H2,1-3H3,(H2,15,16,17)/t8-,10-,13-,14-/m1/s1. The molecule has 8 heteroatoms. The van der Waals surface area contributed by atoms with Gasteiger partial charge in [-0.15, -0.1) is 0 Å². The molecule has 0 bridgehead atoms. The van der Waals surface area contributed by atoms with E-state index < -0.39 is 24.0 Å². The zero-order valence-electron chi connectivity index (χ0n) is 12.7. The maximum Gasteiger partial charge on any atom is 0.167 e. The van der Waals surface area contributed by atoms with Crippen molar-refractivity contribution in [2.45, 2.75) is 37.9 Å². The van der Waals surface area contributed by atoms with Gasteiger partial charge < -0.3 is 30.0 Å². The lowest BCUT2D eigenvalue weighted by Crippen LogP contribution is -2.46. The number of ether oxygens (including phenoxy) is 2. The van der Waals surface area contributed by atoms with Gasteiger partial charge in [0.25, 0.3) is 0 Å². The maximum absolute atomic E-state index is 10.4. The molecule has 8 nitrogen and oxygen atoms in total. The van der Waals surface area contributed by atoms with E-state index >= 15 is 0 Å². The fraction of sp³-hybridized carbons (Fsp3) is 0.571. The summed E-state index contributed by atoms with van der Waals surface area (Å²) in [6.45, 7) is 3.34. The summed E-state index contributed by atoms with van der Waals surface area (Å²) in [5, 5.41) is 20.5. The van der Waals surface area contributed by atoms with E-state index in [0.717, 1.165) is 10.9 Å². The van der Waals surface area contributed by atoms with Crippen LogP contribution in [0.25, 0.3) is 11.0 Å². The Labute approximate surface area is 127 Å². The smallest absolute Gasteiger partial charge is 0.167 e. The third kappa shape index (κ3) is 1.92. The van der Waals surface area contributed by atoms with Gasteiger partial charge in [-0.1, -0.05) is 0 Å². The summed E-state index contributed by atoms with van der Waals surface area (Å²) in [7, 11) is 1.50. The predicted octanol–water partition coefficient (Wildman–Crippen LogP) is -0.0224. The molecule has 1 fully saturated rings. The number of nitrogens with zero attached hydrogens (tertiary/aromatic N) is 3. The second kappa shape index (κ2) is 5.17. The summed E-state index contributed by atoms with van der Waals surface area (Å²) in [5.74, 6) is 0.387. The van der Waals surface area contributed by atoms with Gasteiger partial charge in [0, 0.05) is 13.3 Å². The number of hydrogen-bond acceptors (Lipinski definition) is 7. The first kappa shape index (κ1) is 15.2. The van der Waals surface area contributed by atoms with E-state index in [1.165, 1.54) is 13.4 Å². The second-order valence-electron chi connectivity index (χ2n) is 5.72. The Balaban J connectivity index is 2.17. The number of aromatic nitrogens is 3. The summed E-state index contributed by atoms with van der Waals surface area (Å²) in [5.41, 5.74) is 6.40. The molecule has 3 rings (SSSR count). The Kier molecular flexibility index (Phi) is 3.56. The van der Waals surface area contributed by atoms with Crippen molar-refractivity contribution in [1.82, 2.24) is 14.5 Å². The lowest BCUT2D eigenvalue weighted by molar-refractivity contribution is -0.118. The fourth-order valence-electron chi connectivity index (χ4n) is 3.07. The van der Waals surface area contributed by atoms with Gasteiger partial charge in [-0.25, -0.2) is 9.97 Å². The lowest BCUT2D eigenvalue weighted by atomic mass is 9.96. The monoisotopic (exact) mass is 308 g/mol. The molecule has 22 heavy (non-hydrogen) atoms. The molecule has 0 radical (unpaired) electrons. The largest absolute Gasteiger partial charge is 0.394 e. The van der Waals surface area contributed by atoms with E-state index in [-0.39, 0.29) is 6.61 Å². The minimum absolute atomic E-state index is 0.300. The molecule has 0 amide bonds. The third-order valence-electron chi connectivity index (χ3n) is 4.43. The second-order valence-corrected chi connectivity index (χ2v) is 5.72. The highest BCUT2D eigenvalue weighted by Crippen LogP contribution is 2.42. The first-order valence-corrected chi connectivity index (χ1v) is 7.01. The SMILES string of the molecule is CO[C@]1(C)[C@H](O)[C@@H](CO)O[C@H]1n1cc(C)c2c(N)ncnc21. The van der Waals surface area contributed by atoms with E-state index in [0.29, 0.717) is 11.5 Å². The molecule has 0 unspecified atom stereocenters. The number of methoxy groups -OCH3 is 1. The van der Waals surface area contributed by atoms with Crippen molar-refractivity contribution in [3.05, 3.63) is 18.1 Å². The Morgan fingerprint density at radius 1 is 1.50 bits per heavy atom. The van der Waals surface area contributed by atoms with Crippen LogP contribution in [0.3, 0.4) is 0 Å². The van der Waals surface area contributed by atoms with E-state index in [1.54, 1.807) is 11.5 Å². The highest BCUT2D eigenvalue weighted by molar-refractivity contribution is 5.89. The number of hydrogen-bond donors (Lipinski definition) is 3. The number of anilines is 1. The average molecular weight is 308 g/mol. The van der Waals surface area contributed by atoms with Crippen LogP contribution < -0.4 is 5.73 Å². The van der Waals surface area contributed by atoms with Crippen molar-refractivity contribution in [1.29, 1.82) is 0 Å². The van der Waals surface area contributed by atoms with Crippen LogP contribution in [-0.4, -0.2) is 56.3 Å². The minimum atomic E-state index is -1.02. The van der Waals surface area contributed by atoms with Gasteiger partial charge in [0.15, 0.2) is 6.23 Å². The van der Waals surface area contributed by atoms with Crippen LogP contribution in [0.5, 0.6) is 0 Å². The summed E-state index contributed by atoms with van der Waals surface area (Å²) in [6, 6.07) is 0. The highest BCUT2D eigenvalue weighted by Gasteiger charge is 2.54. The number of rotatable bonds is 3. The van der Waals surface area contributed by atoms with Crippen molar-refractivity contribution in [3.63, 3.8) is 0 Å². The van der Waals surface area contributed by atoms with Gasteiger partial charge in [-0.2, -0.15) is 0 Å². The van der Waals surface area contributed by atoms with Crippen molar-refractivity contribution in [2.75, 3.05) is 19.5 Å². The molecule has 1 saturated heterocycles. The molecule has 0 spiro atoms. The molecule has 2 aromatic rings. The molecular weight excluding hydrogens is 288 g/mol. The summed E-state index contributed by atoms with van der Waals surface area (Å²) >= 11 is 0. The number of aryl methyl sites for hydroxylation is 1. The normalized spacial score (nSPS) is 32.0. The quantitative estimate of drug-likeness (QED) is 0.729. The van der Waals surface area contributed by atoms with Crippen molar-refractivity contribution in [2.24, 2.45) is 0 Å². The van der Waals surface area contributed by atoms with Crippen LogP contribution in [0.1, 0.15) is 18.7 Å². The molecular formula is C14H20N4O4. The number of aliphatic hydroxyl groups is 2. The molecule has 4 N–H and O–H groups in total. The molecule has 0 aliphatic carbocycles. The van der Waals surface area contributed by atoms with E-state index in [9.17, 15) is 10.2 Å². The summed E-state index contributed by atoms with van der Waals surface area (Å²) in [4.78, 5) is 8.28. The number of nitrogens with two attached hydrogens (primary N) is 1. The number of aliphatic hydroxyl groups excluding tert-OH is 2. The van der Waals surface area contributed by atoms with E-state index in [1.807, 2.05) is 13.1 Å². The number of fused-ring (bicyclic) bond motifs is 1. The first-order chi connectivity index (χ1) is 10.4. The zero-order valence-corrected chi connectivity index (χ0v) is 12.7. The summed E-state index contributed by atoms with van der Waals surface area (Å²) < 4.78 is 13.1. The van der Waals surface area contributed by atoms with Crippen molar-refractivity contribution in [3.8, 4) is 0 Å². The molecule has 3 heterocycles. The molecule has 4 atom stereocenters. The highest BCUT2D eigenvalue weighted by atomic mass is 16.6. The topological polar surface area (TPSA) is 116 Å². The van der Waals surface area contributed by atoms with Crippen LogP contribution in [0.15, 0.2) is 12.5 Å². The predicted molar refractivity (Wildman–Crippen MR) is 79.1 cm³/mol. The van der Waals surface area contributed by atoms with Crippen molar-refractivity contribution < 1.29 is 19.7 Å². The van der Waals surface area contributed by atoms with Gasteiger partial charge in [0.2, 0.25) is 0 Å². The molecule has 2 aromatic heterocycles. The number of nitrogen functional groups attached to an aromatic ring is 1. The lowest BCUT2D eigenvalue weighted by Gasteiger charge is -2.31. The van der Waals surface area contributed by atoms with Crippen LogP contribution in [-0.2, 0) is 9.47 Å². The van der Waals surface area contributed by atoms with Crippen LogP contribution >= 0.6 is 0 Å². The van der Waals surface area contributed by atoms with E-state index in [4.69, 9.17) is 15.2 Å². The Hall–Kier alpha value is -1.74. The van der Waals surface area contributed by atoms with Crippen LogP contribution in [0.2, 0.25) is 0 Å². The molecule has 0 saturated carbocycles. The van der Waals surface area contributed by atoms with Crippen LogP contribution in [0, 0.1) is 6.92 Å². The van der Waals surface area contributed by atoms with Gasteiger partial charge >= 0.3 is 0 Å². The third-order valence-corrected chi connectivity index (χ3v) is 4.43. The first-order valence-electron chi connectivity index (χ1n) is 7.01. The minimum Gasteiger partial charge on any atom is -0.394 e. The zero-order chi connectivity index (χ0) is 16.1. The molecule has 120 valence electrons. The molecule has 1 aliphatic rings. The van der Waals surface area contributed by atoms with Crippen LogP contribution in [0.4, 0.5) is 5.82 Å². The Morgan fingerprint density at radius 3 is 2.86 bits per heavy atom.